The van der Waals surface area contributed by atoms with Crippen LogP contribution in [0.5, 0.6) is 5.75 Å². The average Bonchev–Trinajstić information content (AvgIpc) is 2.88. The van der Waals surface area contributed by atoms with Crippen molar-refractivity contribution in [2.24, 2.45) is 5.92 Å². The van der Waals surface area contributed by atoms with Crippen molar-refractivity contribution in [3.63, 3.8) is 0 Å². The normalized spacial score (nSPS) is 17.2. The molecule has 0 aromatic heterocycles. The molecule has 124 valence electrons. The van der Waals surface area contributed by atoms with Crippen molar-refractivity contribution in [2.75, 3.05) is 12.4 Å². The Labute approximate surface area is 145 Å². The van der Waals surface area contributed by atoms with Gasteiger partial charge in [0, 0.05) is 29.1 Å². The zero-order valence-electron chi connectivity index (χ0n) is 13.4. The van der Waals surface area contributed by atoms with E-state index in [1.54, 1.807) is 18.2 Å². The van der Waals surface area contributed by atoms with Gasteiger partial charge < -0.3 is 10.1 Å². The van der Waals surface area contributed by atoms with Crippen LogP contribution >= 0.6 is 23.5 Å². The third-order valence-electron chi connectivity index (χ3n) is 3.45. The van der Waals surface area contributed by atoms with Gasteiger partial charge in [-0.2, -0.15) is 0 Å². The number of hydrogen-bond acceptors (Lipinski definition) is 5. The van der Waals surface area contributed by atoms with E-state index in [1.165, 1.54) is 30.2 Å². The van der Waals surface area contributed by atoms with E-state index in [9.17, 15) is 9.59 Å². The topological polar surface area (TPSA) is 58.6 Å². The molecule has 0 fully saturated rings. The molecule has 0 aliphatic carbocycles. The predicted molar refractivity (Wildman–Crippen MR) is 93.6 cm³/mol. The number of amides is 1. The number of ketones is 1. The molecule has 0 spiro atoms. The maximum Gasteiger partial charge on any atom is 0.259 e. The molecule has 1 amide bonds. The lowest BCUT2D eigenvalue weighted by molar-refractivity contribution is -0.117. The largest absolute Gasteiger partial charge is 0.497 e. The van der Waals surface area contributed by atoms with Gasteiger partial charge in [0.1, 0.15) is 5.75 Å². The lowest BCUT2D eigenvalue weighted by atomic mass is 10.1. The second-order valence-electron chi connectivity index (χ2n) is 5.45. The first-order valence-electron chi connectivity index (χ1n) is 7.15. The highest BCUT2D eigenvalue weighted by Gasteiger charge is 2.33. The summed E-state index contributed by atoms with van der Waals surface area (Å²) in [5.74, 6) is 0.369. The minimum absolute atomic E-state index is 0.134. The van der Waals surface area contributed by atoms with E-state index in [2.05, 4.69) is 5.32 Å². The van der Waals surface area contributed by atoms with Gasteiger partial charge in [0.2, 0.25) is 0 Å². The SMILES string of the molecule is COc1ccc(C(C)=O)c(NC(=O)C2SC=C(C(C)C)N2Cl)c1. The standard InChI is InChI=1S/C16H19ClN2O3S/c1-9(2)14-8-23-16(19(14)17)15(21)18-13-7-11(22-4)5-6-12(13)10(3)20/h5-9,16H,1-4H3,(H,18,21). The third-order valence-corrected chi connectivity index (χ3v) is 5.02. The number of rotatable bonds is 5. The van der Waals surface area contributed by atoms with Gasteiger partial charge in [0.05, 0.1) is 12.8 Å². The Morgan fingerprint density at radius 3 is 2.61 bits per heavy atom. The van der Waals surface area contributed by atoms with Crippen LogP contribution in [0, 0.1) is 5.92 Å². The van der Waals surface area contributed by atoms with Gasteiger partial charge in [-0.05, 0) is 30.4 Å². The Balaban J connectivity index is 2.19. The molecule has 0 saturated carbocycles. The average molecular weight is 355 g/mol. The molecule has 23 heavy (non-hydrogen) atoms. The molecule has 1 aliphatic heterocycles. The molecule has 0 bridgehead atoms. The summed E-state index contributed by atoms with van der Waals surface area (Å²) in [4.78, 5) is 24.3. The molecule has 1 atom stereocenters. The van der Waals surface area contributed by atoms with Gasteiger partial charge in [0.25, 0.3) is 5.91 Å². The zero-order valence-corrected chi connectivity index (χ0v) is 15.0. The van der Waals surface area contributed by atoms with Crippen LogP contribution in [-0.2, 0) is 4.79 Å². The minimum Gasteiger partial charge on any atom is -0.497 e. The van der Waals surface area contributed by atoms with Crippen molar-refractivity contribution >= 4 is 40.9 Å². The molecule has 1 N–H and O–H groups in total. The van der Waals surface area contributed by atoms with Crippen molar-refractivity contribution < 1.29 is 14.3 Å². The summed E-state index contributed by atoms with van der Waals surface area (Å²) in [5, 5.41) is 4.10. The van der Waals surface area contributed by atoms with E-state index in [4.69, 9.17) is 16.5 Å². The van der Waals surface area contributed by atoms with Crippen LogP contribution < -0.4 is 10.1 Å². The van der Waals surface area contributed by atoms with Crippen LogP contribution in [0.15, 0.2) is 29.3 Å². The van der Waals surface area contributed by atoms with Gasteiger partial charge in [-0.15, -0.1) is 0 Å². The summed E-state index contributed by atoms with van der Waals surface area (Å²) in [6.45, 7) is 5.48. The number of allylic oxidation sites excluding steroid dienone is 1. The Kier molecular flexibility index (Phi) is 5.59. The maximum atomic E-state index is 12.5. The lowest BCUT2D eigenvalue weighted by Crippen LogP contribution is -2.34. The Morgan fingerprint density at radius 1 is 1.39 bits per heavy atom. The van der Waals surface area contributed by atoms with Gasteiger partial charge in [-0.25, -0.2) is 0 Å². The van der Waals surface area contributed by atoms with Gasteiger partial charge in [-0.3, -0.25) is 14.0 Å². The molecular formula is C16H19ClN2O3S. The highest BCUT2D eigenvalue weighted by atomic mass is 35.5. The summed E-state index contributed by atoms with van der Waals surface area (Å²) in [7, 11) is 1.53. The zero-order chi connectivity index (χ0) is 17.1. The number of benzene rings is 1. The van der Waals surface area contributed by atoms with E-state index in [-0.39, 0.29) is 17.6 Å². The molecule has 0 radical (unpaired) electrons. The number of halogens is 1. The quantitative estimate of drug-likeness (QED) is 0.642. The maximum absolute atomic E-state index is 12.5. The molecular weight excluding hydrogens is 336 g/mol. The highest BCUT2D eigenvalue weighted by molar-refractivity contribution is 8.03. The number of ether oxygens (including phenoxy) is 1. The Bertz CT molecular complexity index is 661. The number of nitrogens with zero attached hydrogens (tertiary/aromatic N) is 1. The van der Waals surface area contributed by atoms with Crippen LogP contribution in [-0.4, -0.2) is 28.6 Å². The van der Waals surface area contributed by atoms with Crippen molar-refractivity contribution in [2.45, 2.75) is 26.1 Å². The van der Waals surface area contributed by atoms with E-state index in [0.717, 1.165) is 5.70 Å². The number of methoxy groups -OCH3 is 1. The first-order chi connectivity index (χ1) is 10.8. The van der Waals surface area contributed by atoms with E-state index in [1.807, 2.05) is 19.3 Å². The Hall–Kier alpha value is -1.66. The predicted octanol–water partition coefficient (Wildman–Crippen LogP) is 3.86. The van der Waals surface area contributed by atoms with Crippen molar-refractivity contribution in [1.29, 1.82) is 0 Å². The minimum atomic E-state index is -0.569. The monoisotopic (exact) mass is 354 g/mol. The summed E-state index contributed by atoms with van der Waals surface area (Å²) < 4.78 is 6.59. The van der Waals surface area contributed by atoms with Crippen molar-refractivity contribution in [1.82, 2.24) is 4.42 Å². The molecule has 1 aromatic carbocycles. The van der Waals surface area contributed by atoms with Crippen molar-refractivity contribution in [3.8, 4) is 5.75 Å². The molecule has 7 heteroatoms. The number of nitrogens with one attached hydrogen (secondary N) is 1. The molecule has 2 rings (SSSR count). The van der Waals surface area contributed by atoms with Crippen LogP contribution in [0.25, 0.3) is 0 Å². The number of thioether (sulfide) groups is 1. The second-order valence-corrected chi connectivity index (χ2v) is 6.77. The van der Waals surface area contributed by atoms with Crippen molar-refractivity contribution in [3.05, 3.63) is 34.9 Å². The number of anilines is 1. The van der Waals surface area contributed by atoms with E-state index in [0.29, 0.717) is 17.0 Å². The van der Waals surface area contributed by atoms with Crippen LogP contribution in [0.4, 0.5) is 5.69 Å². The fourth-order valence-electron chi connectivity index (χ4n) is 2.18. The molecule has 1 aromatic rings. The number of hydrogen-bond donors (Lipinski definition) is 1. The first kappa shape index (κ1) is 17.7. The van der Waals surface area contributed by atoms with Crippen LogP contribution in [0.3, 0.4) is 0 Å². The Morgan fingerprint density at radius 2 is 2.09 bits per heavy atom. The fourth-order valence-corrected chi connectivity index (χ4v) is 3.77. The van der Waals surface area contributed by atoms with Crippen LogP contribution in [0.2, 0.25) is 0 Å². The summed E-state index contributed by atoms with van der Waals surface area (Å²) in [6, 6.07) is 4.95. The molecule has 1 heterocycles. The summed E-state index contributed by atoms with van der Waals surface area (Å²) in [6.07, 6.45) is 0. The summed E-state index contributed by atoms with van der Waals surface area (Å²) >= 11 is 7.60. The summed E-state index contributed by atoms with van der Waals surface area (Å²) in [5.41, 5.74) is 1.75. The van der Waals surface area contributed by atoms with E-state index < -0.39 is 5.37 Å². The second kappa shape index (κ2) is 7.27. The first-order valence-corrected chi connectivity index (χ1v) is 8.43. The third kappa shape index (κ3) is 3.82. The van der Waals surface area contributed by atoms with Gasteiger partial charge in [0.15, 0.2) is 11.2 Å². The molecule has 1 aliphatic rings. The molecule has 5 nitrogen and oxygen atoms in total. The highest BCUT2D eigenvalue weighted by Crippen LogP contribution is 2.37. The molecule has 0 saturated heterocycles. The number of carbonyl (C=O) groups excluding carboxylic acids is 2. The fraction of sp³-hybridized carbons (Fsp3) is 0.375. The lowest BCUT2D eigenvalue weighted by Gasteiger charge is -2.22. The van der Waals surface area contributed by atoms with Gasteiger partial charge >= 0.3 is 0 Å². The van der Waals surface area contributed by atoms with Gasteiger partial charge in [-0.1, -0.05) is 25.6 Å². The molecule has 1 unspecified atom stereocenters. The number of carbonyl (C=O) groups is 2. The van der Waals surface area contributed by atoms with E-state index >= 15 is 0 Å². The van der Waals surface area contributed by atoms with Crippen LogP contribution in [0.1, 0.15) is 31.1 Å². The number of Topliss-reactive ketones (excluding diaryl/α,β-unsaturated/α-hetero) is 1. The smallest absolute Gasteiger partial charge is 0.259 e.